The molecule has 6 heteroatoms. The van der Waals surface area contributed by atoms with E-state index < -0.39 is 0 Å². The van der Waals surface area contributed by atoms with E-state index in [0.29, 0.717) is 12.6 Å². The number of hydrogen-bond donors (Lipinski definition) is 2. The first kappa shape index (κ1) is 16.5. The van der Waals surface area contributed by atoms with Gasteiger partial charge in [-0.25, -0.2) is 4.79 Å². The molecule has 2 heterocycles. The highest BCUT2D eigenvalue weighted by Crippen LogP contribution is 2.20. The number of urea groups is 1. The Morgan fingerprint density at radius 3 is 2.92 bits per heavy atom. The van der Waals surface area contributed by atoms with Crippen molar-refractivity contribution in [3.05, 3.63) is 47.9 Å². The highest BCUT2D eigenvalue weighted by Gasteiger charge is 2.24. The Morgan fingerprint density at radius 2 is 2.17 bits per heavy atom. The van der Waals surface area contributed by atoms with Crippen molar-refractivity contribution in [3.63, 3.8) is 0 Å². The number of aromatic nitrogens is 1. The number of nitrogens with zero attached hydrogens (tertiary/aromatic N) is 2. The van der Waals surface area contributed by atoms with Gasteiger partial charge in [-0.15, -0.1) is 0 Å². The number of piperidine rings is 1. The number of amides is 2. The SMILES string of the molecule is Cc1conc1CN1CCCCC1CNC(=O)Nc1ccccc1. The van der Waals surface area contributed by atoms with Crippen LogP contribution in [-0.2, 0) is 6.54 Å². The lowest BCUT2D eigenvalue weighted by atomic mass is 10.0. The molecule has 1 aliphatic heterocycles. The Kier molecular flexibility index (Phi) is 5.48. The number of para-hydroxylation sites is 1. The van der Waals surface area contributed by atoms with Crippen LogP contribution in [0.25, 0.3) is 0 Å². The van der Waals surface area contributed by atoms with E-state index in [1.165, 1.54) is 12.8 Å². The number of rotatable bonds is 5. The molecule has 1 fully saturated rings. The predicted molar refractivity (Wildman–Crippen MR) is 92.8 cm³/mol. The van der Waals surface area contributed by atoms with Gasteiger partial charge in [0.25, 0.3) is 0 Å². The van der Waals surface area contributed by atoms with E-state index in [4.69, 9.17) is 4.52 Å². The number of carbonyl (C=O) groups is 1. The maximum Gasteiger partial charge on any atom is 0.319 e. The molecular formula is C18H24N4O2. The van der Waals surface area contributed by atoms with Crippen LogP contribution >= 0.6 is 0 Å². The van der Waals surface area contributed by atoms with Crippen LogP contribution in [0.2, 0.25) is 0 Å². The first-order chi connectivity index (χ1) is 11.7. The van der Waals surface area contributed by atoms with Crippen molar-refractivity contribution in [2.45, 2.75) is 38.8 Å². The van der Waals surface area contributed by atoms with Gasteiger partial charge in [0.15, 0.2) is 0 Å². The van der Waals surface area contributed by atoms with E-state index in [2.05, 4.69) is 20.7 Å². The molecule has 0 radical (unpaired) electrons. The first-order valence-corrected chi connectivity index (χ1v) is 8.46. The van der Waals surface area contributed by atoms with Crippen LogP contribution in [0.1, 0.15) is 30.5 Å². The molecule has 2 amide bonds. The Morgan fingerprint density at radius 1 is 1.33 bits per heavy atom. The second-order valence-electron chi connectivity index (χ2n) is 6.27. The Bertz CT molecular complexity index is 656. The number of carbonyl (C=O) groups excluding carboxylic acids is 1. The number of aryl methyl sites for hydroxylation is 1. The van der Waals surface area contributed by atoms with Gasteiger partial charge in [-0.05, 0) is 38.4 Å². The maximum atomic E-state index is 12.1. The Labute approximate surface area is 142 Å². The summed E-state index contributed by atoms with van der Waals surface area (Å²) in [6.45, 7) is 4.44. The van der Waals surface area contributed by atoms with E-state index in [0.717, 1.165) is 36.5 Å². The van der Waals surface area contributed by atoms with Gasteiger partial charge in [-0.1, -0.05) is 29.8 Å². The zero-order valence-electron chi connectivity index (χ0n) is 14.0. The highest BCUT2D eigenvalue weighted by molar-refractivity contribution is 5.89. The van der Waals surface area contributed by atoms with Crippen molar-refractivity contribution in [1.82, 2.24) is 15.4 Å². The van der Waals surface area contributed by atoms with Crippen molar-refractivity contribution in [2.75, 3.05) is 18.4 Å². The monoisotopic (exact) mass is 328 g/mol. The summed E-state index contributed by atoms with van der Waals surface area (Å²) >= 11 is 0. The minimum absolute atomic E-state index is 0.163. The normalized spacial score (nSPS) is 18.3. The predicted octanol–water partition coefficient (Wildman–Crippen LogP) is 3.16. The van der Waals surface area contributed by atoms with Crippen molar-refractivity contribution < 1.29 is 9.32 Å². The molecule has 0 bridgehead atoms. The molecular weight excluding hydrogens is 304 g/mol. The van der Waals surface area contributed by atoms with Crippen LogP contribution in [0.3, 0.4) is 0 Å². The first-order valence-electron chi connectivity index (χ1n) is 8.46. The molecule has 1 aromatic heterocycles. The lowest BCUT2D eigenvalue weighted by Gasteiger charge is -2.35. The van der Waals surface area contributed by atoms with Crippen LogP contribution in [-0.4, -0.2) is 35.2 Å². The molecule has 3 rings (SSSR count). The summed E-state index contributed by atoms with van der Waals surface area (Å²) in [5.41, 5.74) is 2.86. The molecule has 1 aliphatic rings. The van der Waals surface area contributed by atoms with E-state index in [-0.39, 0.29) is 6.03 Å². The number of anilines is 1. The van der Waals surface area contributed by atoms with Gasteiger partial charge in [0, 0.05) is 30.4 Å². The smallest absolute Gasteiger partial charge is 0.319 e. The summed E-state index contributed by atoms with van der Waals surface area (Å²) in [4.78, 5) is 14.5. The second kappa shape index (κ2) is 7.97. The van der Waals surface area contributed by atoms with E-state index in [1.54, 1.807) is 6.26 Å². The molecule has 6 nitrogen and oxygen atoms in total. The Hall–Kier alpha value is -2.34. The van der Waals surface area contributed by atoms with Crippen molar-refractivity contribution >= 4 is 11.7 Å². The number of hydrogen-bond acceptors (Lipinski definition) is 4. The molecule has 1 saturated heterocycles. The quantitative estimate of drug-likeness (QED) is 0.884. The molecule has 24 heavy (non-hydrogen) atoms. The zero-order valence-corrected chi connectivity index (χ0v) is 14.0. The molecule has 0 spiro atoms. The summed E-state index contributed by atoms with van der Waals surface area (Å²) < 4.78 is 5.03. The Balaban J connectivity index is 1.52. The van der Waals surface area contributed by atoms with E-state index >= 15 is 0 Å². The summed E-state index contributed by atoms with van der Waals surface area (Å²) in [6, 6.07) is 9.65. The van der Waals surface area contributed by atoms with Crippen molar-refractivity contribution in [1.29, 1.82) is 0 Å². The van der Waals surface area contributed by atoms with Crippen LogP contribution in [0.4, 0.5) is 10.5 Å². The molecule has 0 aliphatic carbocycles. The average molecular weight is 328 g/mol. The third-order valence-corrected chi connectivity index (χ3v) is 4.48. The second-order valence-corrected chi connectivity index (χ2v) is 6.27. The summed E-state index contributed by atoms with van der Waals surface area (Å²) in [5, 5.41) is 9.92. The standard InChI is InChI=1S/C18H24N4O2/c1-14-13-24-21-17(14)12-22-10-6-5-9-16(22)11-19-18(23)20-15-7-3-2-4-8-15/h2-4,7-8,13,16H,5-6,9-12H2,1H3,(H2,19,20,23). The fourth-order valence-corrected chi connectivity index (χ4v) is 3.06. The van der Waals surface area contributed by atoms with Gasteiger partial charge in [0.1, 0.15) is 12.0 Å². The van der Waals surface area contributed by atoms with E-state index in [1.807, 2.05) is 37.3 Å². The maximum absolute atomic E-state index is 12.1. The van der Waals surface area contributed by atoms with Gasteiger partial charge < -0.3 is 15.2 Å². The summed E-state index contributed by atoms with van der Waals surface area (Å²) in [7, 11) is 0. The van der Waals surface area contributed by atoms with Gasteiger partial charge in [0.2, 0.25) is 0 Å². The molecule has 1 atom stereocenters. The molecule has 0 saturated carbocycles. The summed E-state index contributed by atoms with van der Waals surface area (Å²) in [5.74, 6) is 0. The molecule has 1 aromatic carbocycles. The van der Waals surface area contributed by atoms with E-state index in [9.17, 15) is 4.79 Å². The number of likely N-dealkylation sites (tertiary alicyclic amines) is 1. The largest absolute Gasteiger partial charge is 0.364 e. The molecule has 2 N–H and O–H groups in total. The van der Waals surface area contributed by atoms with Crippen LogP contribution in [0.15, 0.2) is 41.1 Å². The van der Waals surface area contributed by atoms with Gasteiger partial charge in [-0.2, -0.15) is 0 Å². The highest BCUT2D eigenvalue weighted by atomic mass is 16.5. The molecule has 1 unspecified atom stereocenters. The number of benzene rings is 1. The van der Waals surface area contributed by atoms with Crippen molar-refractivity contribution in [2.24, 2.45) is 0 Å². The lowest BCUT2D eigenvalue weighted by Crippen LogP contribution is -2.47. The van der Waals surface area contributed by atoms with Gasteiger partial charge >= 0.3 is 6.03 Å². The van der Waals surface area contributed by atoms with Crippen LogP contribution < -0.4 is 10.6 Å². The minimum atomic E-state index is -0.163. The topological polar surface area (TPSA) is 70.4 Å². The molecule has 2 aromatic rings. The fourth-order valence-electron chi connectivity index (χ4n) is 3.06. The lowest BCUT2D eigenvalue weighted by molar-refractivity contribution is 0.135. The summed E-state index contributed by atoms with van der Waals surface area (Å²) in [6.07, 6.45) is 5.15. The number of nitrogens with one attached hydrogen (secondary N) is 2. The van der Waals surface area contributed by atoms with Crippen LogP contribution in [0.5, 0.6) is 0 Å². The average Bonchev–Trinajstić information content (AvgIpc) is 3.00. The zero-order chi connectivity index (χ0) is 16.8. The van der Waals surface area contributed by atoms with Gasteiger partial charge in [0.05, 0.1) is 0 Å². The third-order valence-electron chi connectivity index (χ3n) is 4.48. The van der Waals surface area contributed by atoms with Crippen molar-refractivity contribution in [3.8, 4) is 0 Å². The minimum Gasteiger partial charge on any atom is -0.364 e. The fraction of sp³-hybridized carbons (Fsp3) is 0.444. The van der Waals surface area contributed by atoms with Gasteiger partial charge in [-0.3, -0.25) is 4.90 Å². The third kappa shape index (κ3) is 4.35. The van der Waals surface area contributed by atoms with Crippen LogP contribution in [0, 0.1) is 6.92 Å². The molecule has 128 valence electrons.